The SMILES string of the molecule is C[Si](C)(C)C#CP. The van der Waals surface area contributed by atoms with Gasteiger partial charge < -0.3 is 0 Å². The molecule has 0 heterocycles. The summed E-state index contributed by atoms with van der Waals surface area (Å²) in [4.78, 5) is 0. The zero-order chi connectivity index (χ0) is 5.91. The highest BCUT2D eigenvalue weighted by atomic mass is 31.0. The predicted octanol–water partition coefficient (Wildman–Crippen LogP) is 1.70. The minimum Gasteiger partial charge on any atom is -0.128 e. The van der Waals surface area contributed by atoms with E-state index in [0.29, 0.717) is 0 Å². The Balaban J connectivity index is 3.72. The third-order valence-corrected chi connectivity index (χ3v) is 1.77. The summed E-state index contributed by atoms with van der Waals surface area (Å²) in [5.41, 5.74) is 5.97. The molecule has 0 saturated heterocycles. The fourth-order valence-electron chi connectivity index (χ4n) is 0.217. The molecule has 0 bridgehead atoms. The van der Waals surface area contributed by atoms with Crippen molar-refractivity contribution < 1.29 is 0 Å². The maximum atomic E-state index is 3.14. The Morgan fingerprint density at radius 1 is 1.29 bits per heavy atom. The maximum Gasteiger partial charge on any atom is 0.129 e. The van der Waals surface area contributed by atoms with Crippen molar-refractivity contribution in [3.05, 3.63) is 0 Å². The van der Waals surface area contributed by atoms with Gasteiger partial charge >= 0.3 is 0 Å². The lowest BCUT2D eigenvalue weighted by molar-refractivity contribution is 1.82. The van der Waals surface area contributed by atoms with Gasteiger partial charge in [0.25, 0.3) is 0 Å². The van der Waals surface area contributed by atoms with Gasteiger partial charge in [0.1, 0.15) is 8.07 Å². The van der Waals surface area contributed by atoms with Gasteiger partial charge in [0.05, 0.1) is 0 Å². The first-order valence-corrected chi connectivity index (χ1v) is 6.37. The van der Waals surface area contributed by atoms with Gasteiger partial charge in [-0.25, -0.2) is 0 Å². The van der Waals surface area contributed by atoms with Crippen molar-refractivity contribution in [2.75, 3.05) is 0 Å². The van der Waals surface area contributed by atoms with Gasteiger partial charge in [0, 0.05) is 0 Å². The van der Waals surface area contributed by atoms with Gasteiger partial charge in [-0.2, -0.15) is 0 Å². The Morgan fingerprint density at radius 2 is 1.71 bits per heavy atom. The highest BCUT2D eigenvalue weighted by Crippen LogP contribution is 1.96. The first-order chi connectivity index (χ1) is 3.06. The Kier molecular flexibility index (Phi) is 2.57. The Bertz CT molecular complexity index is 101. The highest BCUT2D eigenvalue weighted by Gasteiger charge is 2.06. The van der Waals surface area contributed by atoms with Crippen LogP contribution in [0.25, 0.3) is 0 Å². The van der Waals surface area contributed by atoms with Gasteiger partial charge in [0.15, 0.2) is 0 Å². The number of hydrogen-bond donors (Lipinski definition) is 0. The monoisotopic (exact) mass is 130 g/mol. The van der Waals surface area contributed by atoms with E-state index in [0.717, 1.165) is 0 Å². The van der Waals surface area contributed by atoms with Crippen LogP contribution in [0.15, 0.2) is 0 Å². The molecule has 7 heavy (non-hydrogen) atoms. The van der Waals surface area contributed by atoms with Crippen LogP contribution in [0.3, 0.4) is 0 Å². The topological polar surface area (TPSA) is 0 Å². The number of hydrogen-bond acceptors (Lipinski definition) is 0. The van der Waals surface area contributed by atoms with Crippen molar-refractivity contribution in [2.24, 2.45) is 0 Å². The van der Waals surface area contributed by atoms with Crippen molar-refractivity contribution in [2.45, 2.75) is 19.6 Å². The van der Waals surface area contributed by atoms with Crippen LogP contribution in [0.4, 0.5) is 0 Å². The molecule has 0 N–H and O–H groups in total. The highest BCUT2D eigenvalue weighted by molar-refractivity contribution is 7.23. The maximum absolute atomic E-state index is 3.14. The molecule has 0 fully saturated rings. The third kappa shape index (κ3) is 6.21. The molecule has 0 aliphatic heterocycles. The van der Waals surface area contributed by atoms with Crippen LogP contribution in [0, 0.1) is 11.2 Å². The van der Waals surface area contributed by atoms with Crippen LogP contribution in [0.1, 0.15) is 0 Å². The van der Waals surface area contributed by atoms with Gasteiger partial charge in [-0.05, 0) is 0 Å². The average Bonchev–Trinajstić information content (AvgIpc) is 1.30. The lowest BCUT2D eigenvalue weighted by atomic mass is 11.4. The summed E-state index contributed by atoms with van der Waals surface area (Å²) in [6.07, 6.45) is 0. The molecule has 0 nitrogen and oxygen atoms in total. The van der Waals surface area contributed by atoms with Crippen molar-refractivity contribution in [1.29, 1.82) is 0 Å². The van der Waals surface area contributed by atoms with Gasteiger partial charge in [0.2, 0.25) is 0 Å². The van der Waals surface area contributed by atoms with E-state index >= 15 is 0 Å². The van der Waals surface area contributed by atoms with Crippen LogP contribution < -0.4 is 0 Å². The van der Waals surface area contributed by atoms with Crippen molar-refractivity contribution in [3.63, 3.8) is 0 Å². The molecule has 0 rings (SSSR count). The molecule has 0 aromatic carbocycles. The third-order valence-electron chi connectivity index (χ3n) is 0.447. The summed E-state index contributed by atoms with van der Waals surface area (Å²) >= 11 is 0. The average molecular weight is 130 g/mol. The fraction of sp³-hybridized carbons (Fsp3) is 0.600. The molecule has 0 saturated carbocycles. The first kappa shape index (κ1) is 7.21. The summed E-state index contributed by atoms with van der Waals surface area (Å²) in [5.74, 6) is 0. The molecule has 0 amide bonds. The van der Waals surface area contributed by atoms with Gasteiger partial charge in [-0.15, -0.1) is 5.54 Å². The van der Waals surface area contributed by atoms with E-state index in [-0.39, 0.29) is 0 Å². The smallest absolute Gasteiger partial charge is 0.128 e. The van der Waals surface area contributed by atoms with Crippen LogP contribution in [-0.2, 0) is 0 Å². The van der Waals surface area contributed by atoms with E-state index in [2.05, 4.69) is 40.1 Å². The summed E-state index contributed by atoms with van der Waals surface area (Å²) < 4.78 is 0. The second-order valence-electron chi connectivity index (χ2n) is 2.52. The van der Waals surface area contributed by atoms with E-state index in [9.17, 15) is 0 Å². The van der Waals surface area contributed by atoms with Crippen molar-refractivity contribution >= 4 is 17.3 Å². The Hall–Kier alpha value is 0.207. The first-order valence-electron chi connectivity index (χ1n) is 2.29. The van der Waals surface area contributed by atoms with E-state index in [1.165, 1.54) is 0 Å². The quantitative estimate of drug-likeness (QED) is 0.266. The zero-order valence-corrected chi connectivity index (χ0v) is 7.23. The molecule has 0 spiro atoms. The molecule has 0 aromatic rings. The lowest BCUT2D eigenvalue weighted by Crippen LogP contribution is -2.15. The van der Waals surface area contributed by atoms with E-state index in [4.69, 9.17) is 0 Å². The molecule has 2 heteroatoms. The van der Waals surface area contributed by atoms with Crippen molar-refractivity contribution in [1.82, 2.24) is 0 Å². The molecule has 1 atom stereocenters. The largest absolute Gasteiger partial charge is 0.129 e. The normalized spacial score (nSPS) is 9.71. The molecule has 0 aromatic heterocycles. The van der Waals surface area contributed by atoms with Crippen LogP contribution in [-0.4, -0.2) is 8.07 Å². The molecule has 0 radical (unpaired) electrons. The van der Waals surface area contributed by atoms with Crippen LogP contribution in [0.5, 0.6) is 0 Å². The lowest BCUT2D eigenvalue weighted by Gasteiger charge is -2.01. The zero-order valence-electron chi connectivity index (χ0n) is 5.08. The molecule has 0 aliphatic carbocycles. The standard InChI is InChI=1S/C5H11PSi/c1-7(2,3)5-4-6/h6H2,1-3H3. The van der Waals surface area contributed by atoms with Gasteiger partial charge in [-0.1, -0.05) is 34.5 Å². The fourth-order valence-corrected chi connectivity index (χ4v) is 1.95. The predicted molar refractivity (Wildman–Crippen MR) is 40.8 cm³/mol. The Morgan fingerprint density at radius 3 is 1.71 bits per heavy atom. The molecule has 1 unspecified atom stereocenters. The second kappa shape index (κ2) is 2.50. The minimum absolute atomic E-state index is 1.04. The summed E-state index contributed by atoms with van der Waals surface area (Å²) in [7, 11) is 1.38. The molecular formula is C5H11PSi. The van der Waals surface area contributed by atoms with E-state index in [1.54, 1.807) is 0 Å². The summed E-state index contributed by atoms with van der Waals surface area (Å²) in [6, 6.07) is 0. The van der Waals surface area contributed by atoms with Gasteiger partial charge in [-0.3, -0.25) is 0 Å². The summed E-state index contributed by atoms with van der Waals surface area (Å²) in [6.45, 7) is 6.68. The van der Waals surface area contributed by atoms with E-state index in [1.807, 2.05) is 0 Å². The molecular weight excluding hydrogens is 119 g/mol. The van der Waals surface area contributed by atoms with Crippen LogP contribution in [0.2, 0.25) is 19.6 Å². The molecule has 40 valence electrons. The Labute approximate surface area is 48.9 Å². The minimum atomic E-state index is -1.04. The van der Waals surface area contributed by atoms with Crippen molar-refractivity contribution in [3.8, 4) is 11.2 Å². The van der Waals surface area contributed by atoms with Crippen LogP contribution >= 0.6 is 9.24 Å². The number of rotatable bonds is 0. The second-order valence-corrected chi connectivity index (χ2v) is 7.56. The summed E-state index contributed by atoms with van der Waals surface area (Å²) in [5, 5.41) is 0. The van der Waals surface area contributed by atoms with E-state index < -0.39 is 8.07 Å². The molecule has 0 aliphatic rings.